The SMILES string of the molecule is N#CCCSC1=C(SCCC#N)SCS1. The average Bonchev–Trinajstić information content (AvgIpc) is 2.67. The largest absolute Gasteiger partial charge is 0.198 e. The van der Waals surface area contributed by atoms with E-state index in [4.69, 9.17) is 10.5 Å². The molecule has 0 bridgehead atoms. The third-order valence-electron chi connectivity index (χ3n) is 1.44. The minimum Gasteiger partial charge on any atom is -0.198 e. The van der Waals surface area contributed by atoms with Gasteiger partial charge < -0.3 is 0 Å². The summed E-state index contributed by atoms with van der Waals surface area (Å²) in [7, 11) is 0. The number of hydrogen-bond acceptors (Lipinski definition) is 6. The molecule has 0 saturated carbocycles. The Bertz CT molecular complexity index is 283. The zero-order valence-electron chi connectivity index (χ0n) is 8.06. The predicted molar refractivity (Wildman–Crippen MR) is 72.5 cm³/mol. The minimum atomic E-state index is 0.607. The molecule has 0 amide bonds. The zero-order chi connectivity index (χ0) is 10.9. The Morgan fingerprint density at radius 2 is 1.47 bits per heavy atom. The molecule has 1 heterocycles. The summed E-state index contributed by atoms with van der Waals surface area (Å²) in [6.07, 6.45) is 1.21. The number of nitriles is 2. The number of rotatable bonds is 6. The lowest BCUT2D eigenvalue weighted by atomic mass is 10.6. The Kier molecular flexibility index (Phi) is 7.29. The molecule has 0 radical (unpaired) electrons. The highest BCUT2D eigenvalue weighted by atomic mass is 32.3. The molecule has 0 spiro atoms. The zero-order valence-corrected chi connectivity index (χ0v) is 11.3. The average molecular weight is 274 g/mol. The number of nitrogens with zero attached hydrogens (tertiary/aromatic N) is 2. The molecule has 0 aromatic rings. The van der Waals surface area contributed by atoms with Gasteiger partial charge in [0.25, 0.3) is 0 Å². The first-order valence-electron chi connectivity index (χ1n) is 4.38. The van der Waals surface area contributed by atoms with Gasteiger partial charge in [-0.3, -0.25) is 0 Å². The summed E-state index contributed by atoms with van der Waals surface area (Å²) in [4.78, 5) is 0. The summed E-state index contributed by atoms with van der Waals surface area (Å²) < 4.78 is 2.69. The molecule has 1 aliphatic heterocycles. The summed E-state index contributed by atoms with van der Waals surface area (Å²) in [6.45, 7) is 0. The van der Waals surface area contributed by atoms with Crippen molar-refractivity contribution in [3.05, 3.63) is 8.47 Å². The van der Waals surface area contributed by atoms with E-state index in [9.17, 15) is 0 Å². The third-order valence-corrected chi connectivity index (χ3v) is 7.00. The van der Waals surface area contributed by atoms with E-state index in [1.165, 1.54) is 8.47 Å². The molecular formula is C9H10N2S4. The van der Waals surface area contributed by atoms with Crippen molar-refractivity contribution in [1.29, 1.82) is 10.5 Å². The molecule has 6 heteroatoms. The lowest BCUT2D eigenvalue weighted by Gasteiger charge is -2.02. The van der Waals surface area contributed by atoms with Gasteiger partial charge in [-0.25, -0.2) is 0 Å². The molecule has 0 fully saturated rings. The number of hydrogen-bond donors (Lipinski definition) is 0. The molecule has 1 rings (SSSR count). The van der Waals surface area contributed by atoms with Gasteiger partial charge in [0.05, 0.1) is 20.6 Å². The predicted octanol–water partition coefficient (Wildman–Crippen LogP) is 3.84. The van der Waals surface area contributed by atoms with E-state index < -0.39 is 0 Å². The van der Waals surface area contributed by atoms with Gasteiger partial charge in [0.15, 0.2) is 0 Å². The second-order valence-corrected chi connectivity index (χ2v) is 7.56. The van der Waals surface area contributed by atoms with Gasteiger partial charge in [0.1, 0.15) is 0 Å². The van der Waals surface area contributed by atoms with E-state index in [0.717, 1.165) is 16.6 Å². The summed E-state index contributed by atoms with van der Waals surface area (Å²) in [5.74, 6) is 1.75. The molecule has 0 aromatic carbocycles. The summed E-state index contributed by atoms with van der Waals surface area (Å²) in [6, 6.07) is 4.30. The first-order valence-corrected chi connectivity index (χ1v) is 8.32. The summed E-state index contributed by atoms with van der Waals surface area (Å²) in [5, 5.41) is 18.0. The van der Waals surface area contributed by atoms with E-state index in [-0.39, 0.29) is 0 Å². The fraction of sp³-hybridized carbons (Fsp3) is 0.556. The molecule has 0 aliphatic carbocycles. The molecule has 2 nitrogen and oxygen atoms in total. The topological polar surface area (TPSA) is 47.6 Å². The molecule has 0 N–H and O–H groups in total. The Hall–Kier alpha value is 0.120. The van der Waals surface area contributed by atoms with E-state index in [1.54, 1.807) is 23.5 Å². The second kappa shape index (κ2) is 8.29. The summed E-state index contributed by atoms with van der Waals surface area (Å²) in [5.41, 5.74) is 0. The van der Waals surface area contributed by atoms with Crippen molar-refractivity contribution in [1.82, 2.24) is 0 Å². The van der Waals surface area contributed by atoms with Crippen molar-refractivity contribution >= 4 is 47.0 Å². The van der Waals surface area contributed by atoms with Gasteiger partial charge >= 0.3 is 0 Å². The van der Waals surface area contributed by atoms with Gasteiger partial charge in [-0.1, -0.05) is 0 Å². The van der Waals surface area contributed by atoms with Crippen LogP contribution in [0.25, 0.3) is 0 Å². The standard InChI is InChI=1S/C9H10N2S4/c10-3-1-5-12-8-9(15-7-14-8)13-6-2-4-11/h1-2,5-7H2. The highest BCUT2D eigenvalue weighted by Crippen LogP contribution is 2.50. The van der Waals surface area contributed by atoms with Crippen LogP contribution in [0.4, 0.5) is 0 Å². The van der Waals surface area contributed by atoms with Crippen LogP contribution in [0, 0.1) is 22.7 Å². The van der Waals surface area contributed by atoms with Crippen molar-refractivity contribution < 1.29 is 0 Å². The van der Waals surface area contributed by atoms with E-state index in [1.807, 2.05) is 23.5 Å². The molecule has 0 aromatic heterocycles. The maximum Gasteiger partial charge on any atom is 0.0630 e. The molecule has 0 unspecified atom stereocenters. The Morgan fingerprint density at radius 3 is 1.87 bits per heavy atom. The monoisotopic (exact) mass is 274 g/mol. The van der Waals surface area contributed by atoms with E-state index >= 15 is 0 Å². The van der Waals surface area contributed by atoms with E-state index in [0.29, 0.717) is 12.8 Å². The minimum absolute atomic E-state index is 0.607. The van der Waals surface area contributed by atoms with Crippen LogP contribution in [0.2, 0.25) is 0 Å². The van der Waals surface area contributed by atoms with Crippen LogP contribution >= 0.6 is 47.0 Å². The fourth-order valence-corrected chi connectivity index (χ4v) is 6.60. The van der Waals surface area contributed by atoms with Gasteiger partial charge in [-0.15, -0.1) is 47.0 Å². The van der Waals surface area contributed by atoms with E-state index in [2.05, 4.69) is 12.1 Å². The second-order valence-electron chi connectivity index (χ2n) is 2.49. The first kappa shape index (κ1) is 13.2. The van der Waals surface area contributed by atoms with Crippen LogP contribution in [0.1, 0.15) is 12.8 Å². The van der Waals surface area contributed by atoms with Gasteiger partial charge in [-0.2, -0.15) is 10.5 Å². The quantitative estimate of drug-likeness (QED) is 0.686. The Balaban J connectivity index is 2.33. The Labute approximate surface area is 107 Å². The first-order chi connectivity index (χ1) is 7.38. The van der Waals surface area contributed by atoms with Gasteiger partial charge in [-0.05, 0) is 0 Å². The smallest absolute Gasteiger partial charge is 0.0630 e. The van der Waals surface area contributed by atoms with Crippen LogP contribution in [0.15, 0.2) is 8.47 Å². The maximum absolute atomic E-state index is 8.45. The lowest BCUT2D eigenvalue weighted by molar-refractivity contribution is 1.24. The maximum atomic E-state index is 8.45. The van der Waals surface area contributed by atoms with Crippen molar-refractivity contribution in [2.24, 2.45) is 0 Å². The molecule has 15 heavy (non-hydrogen) atoms. The van der Waals surface area contributed by atoms with Crippen molar-refractivity contribution in [2.45, 2.75) is 12.8 Å². The fourth-order valence-electron chi connectivity index (χ4n) is 0.834. The van der Waals surface area contributed by atoms with Crippen molar-refractivity contribution in [2.75, 3.05) is 16.6 Å². The van der Waals surface area contributed by atoms with Crippen LogP contribution in [0.5, 0.6) is 0 Å². The van der Waals surface area contributed by atoms with Crippen LogP contribution < -0.4 is 0 Å². The third kappa shape index (κ3) is 5.12. The highest BCUT2D eigenvalue weighted by molar-refractivity contribution is 8.36. The highest BCUT2D eigenvalue weighted by Gasteiger charge is 2.16. The molecule has 1 aliphatic rings. The molecule has 80 valence electrons. The van der Waals surface area contributed by atoms with Crippen molar-refractivity contribution in [3.63, 3.8) is 0 Å². The molecule has 0 atom stereocenters. The molecular weight excluding hydrogens is 264 g/mol. The van der Waals surface area contributed by atoms with Gasteiger partial charge in [0, 0.05) is 29.4 Å². The lowest BCUT2D eigenvalue weighted by Crippen LogP contribution is -1.79. The van der Waals surface area contributed by atoms with Crippen LogP contribution in [0.3, 0.4) is 0 Å². The molecule has 0 saturated heterocycles. The summed E-state index contributed by atoms with van der Waals surface area (Å²) >= 11 is 7.24. The van der Waals surface area contributed by atoms with Crippen molar-refractivity contribution in [3.8, 4) is 12.1 Å². The number of thioether (sulfide) groups is 4. The van der Waals surface area contributed by atoms with Gasteiger partial charge in [0.2, 0.25) is 0 Å². The normalized spacial score (nSPS) is 15.1. The van der Waals surface area contributed by atoms with Crippen LogP contribution in [-0.2, 0) is 0 Å². The Morgan fingerprint density at radius 1 is 1.00 bits per heavy atom. The van der Waals surface area contributed by atoms with Crippen LogP contribution in [-0.4, -0.2) is 16.6 Å².